The molecule has 1 saturated carbocycles. The van der Waals surface area contributed by atoms with Crippen LogP contribution in [0.25, 0.3) is 0 Å². The molecule has 0 unspecified atom stereocenters. The fourth-order valence-corrected chi connectivity index (χ4v) is 4.97. The largest absolute Gasteiger partial charge is 0.497 e. The molecule has 0 aliphatic heterocycles. The Morgan fingerprint density at radius 3 is 2.26 bits per heavy atom. The molecule has 6 heteroatoms. The van der Waals surface area contributed by atoms with Gasteiger partial charge < -0.3 is 19.7 Å². The first-order chi connectivity index (χ1) is 16.8. The van der Waals surface area contributed by atoms with Gasteiger partial charge in [-0.05, 0) is 56.4 Å². The maximum Gasteiger partial charge on any atom is 0.255 e. The first-order valence-corrected chi connectivity index (χ1v) is 12.8. The molecule has 1 fully saturated rings. The molecule has 0 saturated heterocycles. The highest BCUT2D eigenvalue weighted by Crippen LogP contribution is 2.35. The average molecular weight is 481 g/mol. The van der Waals surface area contributed by atoms with Crippen LogP contribution in [0.15, 0.2) is 48.5 Å². The molecule has 0 bridgehead atoms. The van der Waals surface area contributed by atoms with Gasteiger partial charge in [-0.3, -0.25) is 9.59 Å². The number of amides is 2. The van der Waals surface area contributed by atoms with Gasteiger partial charge >= 0.3 is 0 Å². The number of methoxy groups -OCH3 is 2. The van der Waals surface area contributed by atoms with Crippen LogP contribution < -0.4 is 14.8 Å². The number of hydrogen-bond acceptors (Lipinski definition) is 4. The minimum atomic E-state index is -0.605. The SMILES string of the molecule is COc1ccc([C@H](C)N(C(=O)c2ccccc2)[C@H](CC(C)C)C(=O)NC2CCCCC2)c(OC)c1. The van der Waals surface area contributed by atoms with E-state index in [0.29, 0.717) is 23.5 Å². The number of carbonyl (C=O) groups is 2. The van der Waals surface area contributed by atoms with Gasteiger partial charge in [-0.2, -0.15) is 0 Å². The highest BCUT2D eigenvalue weighted by Gasteiger charge is 2.37. The standard InChI is InChI=1S/C29H40N2O4/c1-20(2)18-26(28(32)30-23-14-10-7-11-15-23)31(29(33)22-12-8-6-9-13-22)21(3)25-17-16-24(34-4)19-27(25)35-5/h6,8-9,12-13,16-17,19-21,23,26H,7,10-11,14-15,18H2,1-5H3,(H,30,32)/t21-,26+/m0/s1. The van der Waals surface area contributed by atoms with Crippen LogP contribution in [0.1, 0.15) is 81.3 Å². The molecular weight excluding hydrogens is 440 g/mol. The molecule has 1 aliphatic carbocycles. The van der Waals surface area contributed by atoms with Crippen molar-refractivity contribution in [1.29, 1.82) is 0 Å². The van der Waals surface area contributed by atoms with Gasteiger partial charge in [0.05, 0.1) is 20.3 Å². The zero-order valence-electron chi connectivity index (χ0n) is 21.8. The quantitative estimate of drug-likeness (QED) is 0.469. The molecule has 1 N–H and O–H groups in total. The predicted molar refractivity (Wildman–Crippen MR) is 139 cm³/mol. The van der Waals surface area contributed by atoms with Crippen molar-refractivity contribution in [2.45, 2.75) is 77.4 Å². The van der Waals surface area contributed by atoms with E-state index in [2.05, 4.69) is 19.2 Å². The Labute approximate surface area is 210 Å². The lowest BCUT2D eigenvalue weighted by Gasteiger charge is -2.38. The van der Waals surface area contributed by atoms with E-state index in [-0.39, 0.29) is 23.8 Å². The molecular formula is C29H40N2O4. The lowest BCUT2D eigenvalue weighted by Crippen LogP contribution is -2.53. The van der Waals surface area contributed by atoms with Gasteiger partial charge in [0.15, 0.2) is 0 Å². The predicted octanol–water partition coefficient (Wildman–Crippen LogP) is 5.77. The zero-order valence-corrected chi connectivity index (χ0v) is 21.8. The molecule has 3 rings (SSSR count). The van der Waals surface area contributed by atoms with Gasteiger partial charge in [-0.1, -0.05) is 51.3 Å². The maximum atomic E-state index is 14.0. The van der Waals surface area contributed by atoms with E-state index < -0.39 is 12.1 Å². The summed E-state index contributed by atoms with van der Waals surface area (Å²) in [6.45, 7) is 6.14. The third-order valence-corrected chi connectivity index (χ3v) is 6.85. The first kappa shape index (κ1) is 26.6. The minimum Gasteiger partial charge on any atom is -0.497 e. The fourth-order valence-electron chi connectivity index (χ4n) is 4.97. The number of carbonyl (C=O) groups excluding carboxylic acids is 2. The number of ether oxygens (including phenoxy) is 2. The highest BCUT2D eigenvalue weighted by atomic mass is 16.5. The van der Waals surface area contributed by atoms with Crippen LogP contribution in [0.5, 0.6) is 11.5 Å². The van der Waals surface area contributed by atoms with E-state index in [4.69, 9.17) is 9.47 Å². The van der Waals surface area contributed by atoms with Crippen molar-refractivity contribution >= 4 is 11.8 Å². The van der Waals surface area contributed by atoms with E-state index >= 15 is 0 Å². The van der Waals surface area contributed by atoms with Crippen molar-refractivity contribution in [2.75, 3.05) is 14.2 Å². The van der Waals surface area contributed by atoms with Gasteiger partial charge in [0.2, 0.25) is 5.91 Å². The topological polar surface area (TPSA) is 67.9 Å². The molecule has 0 spiro atoms. The minimum absolute atomic E-state index is 0.0748. The summed E-state index contributed by atoms with van der Waals surface area (Å²) in [5, 5.41) is 3.28. The number of benzene rings is 2. The van der Waals surface area contributed by atoms with Gasteiger partial charge in [-0.15, -0.1) is 0 Å². The summed E-state index contributed by atoms with van der Waals surface area (Å²) in [6.07, 6.45) is 6.04. The molecule has 2 atom stereocenters. The molecule has 2 aromatic carbocycles. The summed E-state index contributed by atoms with van der Waals surface area (Å²) in [6, 6.07) is 14.0. The molecule has 1 aliphatic rings. The third-order valence-electron chi connectivity index (χ3n) is 6.85. The van der Waals surface area contributed by atoms with E-state index in [9.17, 15) is 9.59 Å². The molecule has 35 heavy (non-hydrogen) atoms. The Bertz CT molecular complexity index is 970. The first-order valence-electron chi connectivity index (χ1n) is 12.8. The van der Waals surface area contributed by atoms with E-state index in [0.717, 1.165) is 31.2 Å². The number of nitrogens with one attached hydrogen (secondary N) is 1. The molecule has 2 aromatic rings. The number of rotatable bonds is 10. The Balaban J connectivity index is 2.03. The van der Waals surface area contributed by atoms with E-state index in [1.807, 2.05) is 43.3 Å². The van der Waals surface area contributed by atoms with Crippen LogP contribution in [-0.4, -0.2) is 43.0 Å². The smallest absolute Gasteiger partial charge is 0.255 e. The van der Waals surface area contributed by atoms with Crippen LogP contribution in [0.2, 0.25) is 0 Å². The molecule has 6 nitrogen and oxygen atoms in total. The molecule has 0 radical (unpaired) electrons. The highest BCUT2D eigenvalue weighted by molar-refractivity contribution is 5.98. The second-order valence-corrected chi connectivity index (χ2v) is 9.85. The summed E-state index contributed by atoms with van der Waals surface area (Å²) in [5.41, 5.74) is 1.39. The van der Waals surface area contributed by atoms with E-state index in [1.54, 1.807) is 31.3 Å². The molecule has 0 aromatic heterocycles. The molecule has 2 amide bonds. The summed E-state index contributed by atoms with van der Waals surface area (Å²) in [7, 11) is 3.22. The zero-order chi connectivity index (χ0) is 25.4. The van der Waals surface area contributed by atoms with Crippen molar-refractivity contribution in [3.63, 3.8) is 0 Å². The molecule has 0 heterocycles. The van der Waals surface area contributed by atoms with Crippen LogP contribution >= 0.6 is 0 Å². The lowest BCUT2D eigenvalue weighted by molar-refractivity contribution is -0.128. The summed E-state index contributed by atoms with van der Waals surface area (Å²) in [5.74, 6) is 1.29. The van der Waals surface area contributed by atoms with Crippen LogP contribution in [0.3, 0.4) is 0 Å². The Morgan fingerprint density at radius 1 is 0.971 bits per heavy atom. The second kappa shape index (κ2) is 12.6. The monoisotopic (exact) mass is 480 g/mol. The summed E-state index contributed by atoms with van der Waals surface area (Å²) in [4.78, 5) is 29.5. The van der Waals surface area contributed by atoms with Gasteiger partial charge in [-0.25, -0.2) is 0 Å². The van der Waals surface area contributed by atoms with E-state index in [1.165, 1.54) is 6.42 Å². The summed E-state index contributed by atoms with van der Waals surface area (Å²) < 4.78 is 11.0. The average Bonchev–Trinajstić information content (AvgIpc) is 2.88. The Morgan fingerprint density at radius 2 is 1.66 bits per heavy atom. The van der Waals surface area contributed by atoms with Crippen molar-refractivity contribution in [3.8, 4) is 11.5 Å². The second-order valence-electron chi connectivity index (χ2n) is 9.85. The normalized spacial score (nSPS) is 15.8. The van der Waals surface area contributed by atoms with Crippen molar-refractivity contribution in [3.05, 3.63) is 59.7 Å². The van der Waals surface area contributed by atoms with Gasteiger partial charge in [0, 0.05) is 23.2 Å². The van der Waals surface area contributed by atoms with Crippen molar-refractivity contribution < 1.29 is 19.1 Å². The lowest BCUT2D eigenvalue weighted by atomic mass is 9.93. The maximum absolute atomic E-state index is 14.0. The Kier molecular flexibility index (Phi) is 9.58. The fraction of sp³-hybridized carbons (Fsp3) is 0.517. The Hall–Kier alpha value is -3.02. The number of hydrogen-bond donors (Lipinski definition) is 1. The van der Waals surface area contributed by atoms with Crippen LogP contribution in [-0.2, 0) is 4.79 Å². The number of nitrogens with zero attached hydrogens (tertiary/aromatic N) is 1. The van der Waals surface area contributed by atoms with Crippen molar-refractivity contribution in [2.24, 2.45) is 5.92 Å². The van der Waals surface area contributed by atoms with Crippen molar-refractivity contribution in [1.82, 2.24) is 10.2 Å². The summed E-state index contributed by atoms with van der Waals surface area (Å²) >= 11 is 0. The van der Waals surface area contributed by atoms with Crippen LogP contribution in [0.4, 0.5) is 0 Å². The third kappa shape index (κ3) is 6.77. The van der Waals surface area contributed by atoms with Gasteiger partial charge in [0.25, 0.3) is 5.91 Å². The molecule has 190 valence electrons. The van der Waals surface area contributed by atoms with Gasteiger partial charge in [0.1, 0.15) is 17.5 Å². The van der Waals surface area contributed by atoms with Crippen LogP contribution in [0, 0.1) is 5.92 Å².